The minimum atomic E-state index is 0.226. The molecule has 0 bridgehead atoms. The zero-order chi connectivity index (χ0) is 8.69. The Morgan fingerprint density at radius 1 is 1.36 bits per heavy atom. The van der Waals surface area contributed by atoms with Crippen LogP contribution < -0.4 is 0 Å². The first-order valence-electron chi connectivity index (χ1n) is 4.08. The number of ketones is 1. The van der Waals surface area contributed by atoms with E-state index in [-0.39, 0.29) is 5.78 Å². The molecule has 0 atom stereocenters. The summed E-state index contributed by atoms with van der Waals surface area (Å²) in [6.07, 6.45) is 2.27. The van der Waals surface area contributed by atoms with Gasteiger partial charge in [-0.05, 0) is 12.8 Å². The Morgan fingerprint density at radius 3 is 2.45 bits per heavy atom. The predicted octanol–water partition coefficient (Wildman–Crippen LogP) is 2.41. The molecule has 0 aliphatic rings. The quantitative estimate of drug-likeness (QED) is 0.567. The number of hydrogen-bond acceptors (Lipinski definition) is 1. The lowest BCUT2D eigenvalue weighted by atomic mass is 10.1. The summed E-state index contributed by atoms with van der Waals surface area (Å²) in [6, 6.07) is 0. The van der Waals surface area contributed by atoms with Gasteiger partial charge < -0.3 is 0 Å². The molecule has 0 aliphatic carbocycles. The predicted molar refractivity (Wildman–Crippen MR) is 47.1 cm³/mol. The van der Waals surface area contributed by atoms with E-state index in [4.69, 9.17) is 0 Å². The maximum atomic E-state index is 10.5. The lowest BCUT2D eigenvalue weighted by Crippen LogP contribution is -1.87. The maximum absolute atomic E-state index is 10.5. The highest BCUT2D eigenvalue weighted by Crippen LogP contribution is 1.96. The fourth-order valence-corrected chi connectivity index (χ4v) is 0.603. The largest absolute Gasteiger partial charge is 0.300 e. The Balaban J connectivity index is 3.33. The van der Waals surface area contributed by atoms with Crippen LogP contribution in [0.5, 0.6) is 0 Å². The summed E-state index contributed by atoms with van der Waals surface area (Å²) in [5.41, 5.74) is 0. The summed E-state index contributed by atoms with van der Waals surface area (Å²) in [5, 5.41) is 0. The highest BCUT2D eigenvalue weighted by atomic mass is 16.1. The van der Waals surface area contributed by atoms with Crippen molar-refractivity contribution >= 4 is 5.78 Å². The average molecular weight is 152 g/mol. The van der Waals surface area contributed by atoms with Crippen molar-refractivity contribution in [2.24, 2.45) is 5.92 Å². The monoisotopic (exact) mass is 152 g/mol. The molecular formula is C10H16O. The standard InChI is InChI=1S/C10H16O/c1-9(2)7-5-4-6-8-10(3)11/h9H,6-8H2,1-3H3. The smallest absolute Gasteiger partial charge is 0.130 e. The molecule has 0 rings (SSSR count). The Bertz CT molecular complexity index is 169. The van der Waals surface area contributed by atoms with Crippen LogP contribution in [0.15, 0.2) is 0 Å². The first-order chi connectivity index (χ1) is 5.13. The van der Waals surface area contributed by atoms with Crippen LogP contribution in [0.25, 0.3) is 0 Å². The normalized spacial score (nSPS) is 9.09. The summed E-state index contributed by atoms with van der Waals surface area (Å²) in [5.74, 6) is 6.88. The van der Waals surface area contributed by atoms with Crippen molar-refractivity contribution in [2.75, 3.05) is 0 Å². The van der Waals surface area contributed by atoms with E-state index in [9.17, 15) is 4.79 Å². The minimum absolute atomic E-state index is 0.226. The number of rotatable bonds is 3. The van der Waals surface area contributed by atoms with Crippen LogP contribution in [0.4, 0.5) is 0 Å². The number of hydrogen-bond donors (Lipinski definition) is 0. The van der Waals surface area contributed by atoms with E-state index in [0.717, 1.165) is 12.8 Å². The summed E-state index contributed by atoms with van der Waals surface area (Å²) in [4.78, 5) is 10.5. The van der Waals surface area contributed by atoms with E-state index in [1.807, 2.05) is 0 Å². The summed E-state index contributed by atoms with van der Waals surface area (Å²) >= 11 is 0. The van der Waals surface area contributed by atoms with Gasteiger partial charge in [0.15, 0.2) is 0 Å². The Morgan fingerprint density at radius 2 is 2.00 bits per heavy atom. The van der Waals surface area contributed by atoms with Gasteiger partial charge in [0.1, 0.15) is 5.78 Å². The molecule has 0 aromatic rings. The Hall–Kier alpha value is -0.770. The third-order valence-corrected chi connectivity index (χ3v) is 1.24. The molecular weight excluding hydrogens is 136 g/mol. The van der Waals surface area contributed by atoms with Gasteiger partial charge >= 0.3 is 0 Å². The highest BCUT2D eigenvalue weighted by Gasteiger charge is 1.89. The van der Waals surface area contributed by atoms with Crippen LogP contribution in [-0.4, -0.2) is 5.78 Å². The highest BCUT2D eigenvalue weighted by molar-refractivity contribution is 5.75. The van der Waals surface area contributed by atoms with Crippen LogP contribution in [0.1, 0.15) is 40.0 Å². The molecule has 0 aromatic carbocycles. The van der Waals surface area contributed by atoms with E-state index in [2.05, 4.69) is 25.7 Å². The first-order valence-corrected chi connectivity index (χ1v) is 4.08. The van der Waals surface area contributed by atoms with Crippen LogP contribution in [0, 0.1) is 17.8 Å². The molecule has 0 unspecified atom stereocenters. The molecule has 0 amide bonds. The summed E-state index contributed by atoms with van der Waals surface area (Å²) in [7, 11) is 0. The van der Waals surface area contributed by atoms with Crippen molar-refractivity contribution in [1.82, 2.24) is 0 Å². The second-order valence-corrected chi connectivity index (χ2v) is 3.15. The molecule has 11 heavy (non-hydrogen) atoms. The van der Waals surface area contributed by atoms with Gasteiger partial charge in [-0.2, -0.15) is 0 Å². The molecule has 1 nitrogen and oxygen atoms in total. The topological polar surface area (TPSA) is 17.1 Å². The molecule has 0 fully saturated rings. The average Bonchev–Trinajstić information content (AvgIpc) is 1.85. The van der Waals surface area contributed by atoms with Crippen molar-refractivity contribution < 1.29 is 4.79 Å². The zero-order valence-corrected chi connectivity index (χ0v) is 7.61. The molecule has 0 radical (unpaired) electrons. The Labute approximate surface area is 69.2 Å². The van der Waals surface area contributed by atoms with E-state index in [0.29, 0.717) is 12.3 Å². The molecule has 0 saturated heterocycles. The van der Waals surface area contributed by atoms with Crippen molar-refractivity contribution in [3.63, 3.8) is 0 Å². The SMILES string of the molecule is CC(=O)CCC#CCC(C)C. The second-order valence-electron chi connectivity index (χ2n) is 3.15. The van der Waals surface area contributed by atoms with Crippen molar-refractivity contribution in [3.8, 4) is 11.8 Å². The third-order valence-electron chi connectivity index (χ3n) is 1.24. The fourth-order valence-electron chi connectivity index (χ4n) is 0.603. The van der Waals surface area contributed by atoms with E-state index in [1.54, 1.807) is 6.92 Å². The van der Waals surface area contributed by atoms with Crippen LogP contribution in [-0.2, 0) is 4.79 Å². The van der Waals surface area contributed by atoms with E-state index < -0.39 is 0 Å². The van der Waals surface area contributed by atoms with Crippen LogP contribution in [0.3, 0.4) is 0 Å². The van der Waals surface area contributed by atoms with Crippen molar-refractivity contribution in [3.05, 3.63) is 0 Å². The fraction of sp³-hybridized carbons (Fsp3) is 0.700. The number of carbonyl (C=O) groups is 1. The molecule has 0 heterocycles. The van der Waals surface area contributed by atoms with Gasteiger partial charge in [-0.3, -0.25) is 4.79 Å². The summed E-state index contributed by atoms with van der Waals surface area (Å²) in [6.45, 7) is 5.88. The van der Waals surface area contributed by atoms with Gasteiger partial charge in [0.2, 0.25) is 0 Å². The van der Waals surface area contributed by atoms with Gasteiger partial charge in [0.25, 0.3) is 0 Å². The van der Waals surface area contributed by atoms with Gasteiger partial charge in [-0.15, -0.1) is 11.8 Å². The molecule has 0 aromatic heterocycles. The molecule has 0 saturated carbocycles. The van der Waals surface area contributed by atoms with Gasteiger partial charge in [-0.25, -0.2) is 0 Å². The molecule has 0 spiro atoms. The molecule has 0 aliphatic heterocycles. The molecule has 1 heteroatoms. The van der Waals surface area contributed by atoms with Crippen LogP contribution >= 0.6 is 0 Å². The van der Waals surface area contributed by atoms with E-state index in [1.165, 1.54) is 0 Å². The maximum Gasteiger partial charge on any atom is 0.130 e. The van der Waals surface area contributed by atoms with Crippen LogP contribution in [0.2, 0.25) is 0 Å². The van der Waals surface area contributed by atoms with Crippen molar-refractivity contribution in [1.29, 1.82) is 0 Å². The lowest BCUT2D eigenvalue weighted by molar-refractivity contribution is -0.116. The first kappa shape index (κ1) is 10.2. The van der Waals surface area contributed by atoms with Gasteiger partial charge in [0.05, 0.1) is 0 Å². The summed E-state index contributed by atoms with van der Waals surface area (Å²) < 4.78 is 0. The second kappa shape index (κ2) is 5.97. The van der Waals surface area contributed by atoms with E-state index >= 15 is 0 Å². The number of carbonyl (C=O) groups excluding carboxylic acids is 1. The lowest BCUT2D eigenvalue weighted by Gasteiger charge is -1.92. The Kier molecular flexibility index (Phi) is 5.56. The zero-order valence-electron chi connectivity index (χ0n) is 7.61. The minimum Gasteiger partial charge on any atom is -0.300 e. The molecule has 0 N–H and O–H groups in total. The molecule has 62 valence electrons. The van der Waals surface area contributed by atoms with Crippen molar-refractivity contribution in [2.45, 2.75) is 40.0 Å². The van der Waals surface area contributed by atoms with Gasteiger partial charge in [-0.1, -0.05) is 13.8 Å². The van der Waals surface area contributed by atoms with Gasteiger partial charge in [0, 0.05) is 19.3 Å². The number of Topliss-reactive ketones (excluding diaryl/α,β-unsaturated/α-hetero) is 1. The third kappa shape index (κ3) is 9.23.